The Morgan fingerprint density at radius 3 is 2.69 bits per heavy atom. The molecule has 1 rings (SSSR count). The van der Waals surface area contributed by atoms with Gasteiger partial charge in [0.1, 0.15) is 5.82 Å². The van der Waals surface area contributed by atoms with E-state index in [-0.39, 0.29) is 5.69 Å². The molecule has 0 saturated carbocycles. The molecule has 0 radical (unpaired) electrons. The van der Waals surface area contributed by atoms with E-state index in [9.17, 15) is 12.8 Å². The van der Waals surface area contributed by atoms with Crippen molar-refractivity contribution in [3.8, 4) is 0 Å². The van der Waals surface area contributed by atoms with Gasteiger partial charge in [-0.2, -0.15) is 8.42 Å². The van der Waals surface area contributed by atoms with Crippen molar-refractivity contribution in [2.45, 2.75) is 0 Å². The van der Waals surface area contributed by atoms with Gasteiger partial charge in [0.15, 0.2) is 0 Å². The molecular formula is C8H6FNO2S. The minimum atomic E-state index is -2.37. The van der Waals surface area contributed by atoms with Gasteiger partial charge in [-0.1, -0.05) is 6.07 Å². The fraction of sp³-hybridized carbons (Fsp3) is 0. The molecule has 68 valence electrons. The summed E-state index contributed by atoms with van der Waals surface area (Å²) in [6, 6.07) is 3.90. The van der Waals surface area contributed by atoms with Crippen LogP contribution in [0.15, 0.2) is 18.2 Å². The van der Waals surface area contributed by atoms with Gasteiger partial charge in [0.05, 0.1) is 5.69 Å². The highest BCUT2D eigenvalue weighted by atomic mass is 32.2. The van der Waals surface area contributed by atoms with Crippen LogP contribution in [0.5, 0.6) is 0 Å². The van der Waals surface area contributed by atoms with Gasteiger partial charge in [0, 0.05) is 11.1 Å². The molecule has 0 saturated heterocycles. The van der Waals surface area contributed by atoms with E-state index in [0.717, 1.165) is 6.07 Å². The Bertz CT molecular complexity index is 479. The van der Waals surface area contributed by atoms with Gasteiger partial charge in [0.25, 0.3) is 10.3 Å². The molecule has 0 fully saturated rings. The molecule has 0 bridgehead atoms. The molecule has 0 amide bonds. The Morgan fingerprint density at radius 1 is 1.46 bits per heavy atom. The van der Waals surface area contributed by atoms with Gasteiger partial charge in [-0.25, -0.2) is 4.39 Å². The predicted molar refractivity (Wildman–Crippen MR) is 49.2 cm³/mol. The lowest BCUT2D eigenvalue weighted by Crippen LogP contribution is -1.90. The molecule has 0 unspecified atom stereocenters. The number of benzene rings is 1. The molecule has 1 aromatic rings. The van der Waals surface area contributed by atoms with Crippen LogP contribution >= 0.6 is 0 Å². The summed E-state index contributed by atoms with van der Waals surface area (Å²) in [5.41, 5.74) is 5.72. The summed E-state index contributed by atoms with van der Waals surface area (Å²) >= 11 is 0. The summed E-state index contributed by atoms with van der Waals surface area (Å²) in [5.74, 6) is -0.527. The van der Waals surface area contributed by atoms with Crippen molar-refractivity contribution in [3.05, 3.63) is 29.6 Å². The van der Waals surface area contributed by atoms with Crippen molar-refractivity contribution >= 4 is 27.1 Å². The minimum absolute atomic E-state index is 0.0211. The normalized spacial score (nSPS) is 9.00. The molecule has 13 heavy (non-hydrogen) atoms. The molecule has 0 heterocycles. The molecule has 5 heteroatoms. The van der Waals surface area contributed by atoms with Crippen LogP contribution in [0, 0.1) is 5.82 Å². The third kappa shape index (κ3) is 2.74. The van der Waals surface area contributed by atoms with Gasteiger partial charge in [-0.05, 0) is 17.7 Å². The lowest BCUT2D eigenvalue weighted by molar-refractivity contribution is 0.627. The average molecular weight is 199 g/mol. The third-order valence-electron chi connectivity index (χ3n) is 1.34. The summed E-state index contributed by atoms with van der Waals surface area (Å²) in [4.78, 5) is 0. The molecule has 0 spiro atoms. The van der Waals surface area contributed by atoms with Crippen molar-refractivity contribution < 1.29 is 12.8 Å². The Balaban J connectivity index is 3.20. The summed E-state index contributed by atoms with van der Waals surface area (Å²) < 4.78 is 32.8. The van der Waals surface area contributed by atoms with E-state index in [1.807, 2.05) is 5.02 Å². The number of hydrogen-bond acceptors (Lipinski definition) is 3. The zero-order valence-corrected chi connectivity index (χ0v) is 7.31. The van der Waals surface area contributed by atoms with Gasteiger partial charge in [-0.15, -0.1) is 0 Å². The van der Waals surface area contributed by atoms with Crippen LogP contribution < -0.4 is 5.73 Å². The molecule has 0 aromatic heterocycles. The summed E-state index contributed by atoms with van der Waals surface area (Å²) in [5, 5.41) is 2.02. The van der Waals surface area contributed by atoms with Crippen molar-refractivity contribution in [1.29, 1.82) is 0 Å². The van der Waals surface area contributed by atoms with Gasteiger partial charge >= 0.3 is 0 Å². The SMILES string of the molecule is Nc1cc(C=C=S(=O)=O)ccc1F. The molecular weight excluding hydrogens is 193 g/mol. The van der Waals surface area contributed by atoms with E-state index in [4.69, 9.17) is 5.73 Å². The fourth-order valence-electron chi connectivity index (χ4n) is 0.768. The topological polar surface area (TPSA) is 60.2 Å². The maximum Gasteiger partial charge on any atom is 0.260 e. The van der Waals surface area contributed by atoms with Crippen LogP contribution in [0.3, 0.4) is 0 Å². The molecule has 0 aliphatic heterocycles. The first-order valence-electron chi connectivity index (χ1n) is 3.33. The summed E-state index contributed by atoms with van der Waals surface area (Å²) in [6.45, 7) is 0. The Labute approximate surface area is 75.8 Å². The minimum Gasteiger partial charge on any atom is -0.396 e. The molecule has 1 aromatic carbocycles. The van der Waals surface area contributed by atoms with Gasteiger partial charge in [0.2, 0.25) is 0 Å². The van der Waals surface area contributed by atoms with E-state index < -0.39 is 16.1 Å². The van der Waals surface area contributed by atoms with Crippen LogP contribution in [0.1, 0.15) is 5.56 Å². The zero-order chi connectivity index (χ0) is 9.84. The lowest BCUT2D eigenvalue weighted by atomic mass is 10.2. The predicted octanol–water partition coefficient (Wildman–Crippen LogP) is 0.701. The molecule has 0 aliphatic carbocycles. The second kappa shape index (κ2) is 3.89. The maximum atomic E-state index is 12.6. The Morgan fingerprint density at radius 2 is 2.15 bits per heavy atom. The molecule has 0 aliphatic rings. The molecule has 2 N–H and O–H groups in total. The first-order valence-corrected chi connectivity index (χ1v) is 4.41. The third-order valence-corrected chi connectivity index (χ3v) is 1.65. The summed E-state index contributed by atoms with van der Waals surface area (Å²) in [7, 11) is -2.37. The van der Waals surface area contributed by atoms with E-state index in [2.05, 4.69) is 0 Å². The first-order chi connectivity index (χ1) is 6.09. The van der Waals surface area contributed by atoms with E-state index in [1.54, 1.807) is 0 Å². The van der Waals surface area contributed by atoms with Crippen LogP contribution in [-0.4, -0.2) is 13.4 Å². The van der Waals surface area contributed by atoms with Crippen molar-refractivity contribution in [1.82, 2.24) is 0 Å². The van der Waals surface area contributed by atoms with Gasteiger partial charge < -0.3 is 5.73 Å². The number of nitrogens with two attached hydrogens (primary N) is 1. The largest absolute Gasteiger partial charge is 0.396 e. The second-order valence-corrected chi connectivity index (χ2v) is 2.98. The lowest BCUT2D eigenvalue weighted by Gasteiger charge is -1.95. The standard InChI is InChI=1S/C8H6FNO2S/c9-7-2-1-6(5-8(7)10)3-4-13(11)12/h1-3,5H,10H2. The first kappa shape index (κ1) is 9.51. The van der Waals surface area contributed by atoms with Crippen molar-refractivity contribution in [3.63, 3.8) is 0 Å². The van der Waals surface area contributed by atoms with E-state index in [0.29, 0.717) is 5.56 Å². The number of hydrogen-bond donors (Lipinski definition) is 1. The van der Waals surface area contributed by atoms with Crippen LogP contribution in [0.25, 0.3) is 6.08 Å². The number of rotatable bonds is 1. The Kier molecular flexibility index (Phi) is 2.84. The van der Waals surface area contributed by atoms with Crippen LogP contribution in [0.4, 0.5) is 10.1 Å². The maximum absolute atomic E-state index is 12.6. The van der Waals surface area contributed by atoms with Crippen LogP contribution in [0.2, 0.25) is 0 Å². The monoisotopic (exact) mass is 199 g/mol. The number of nitrogen functional groups attached to an aromatic ring is 1. The van der Waals surface area contributed by atoms with Crippen molar-refractivity contribution in [2.75, 3.05) is 5.73 Å². The zero-order valence-electron chi connectivity index (χ0n) is 6.49. The smallest absolute Gasteiger partial charge is 0.260 e. The van der Waals surface area contributed by atoms with Crippen LogP contribution in [-0.2, 0) is 10.3 Å². The van der Waals surface area contributed by atoms with E-state index in [1.165, 1.54) is 18.2 Å². The second-order valence-electron chi connectivity index (χ2n) is 2.28. The highest BCUT2D eigenvalue weighted by Gasteiger charge is 1.96. The average Bonchev–Trinajstić information content (AvgIpc) is 2.07. The van der Waals surface area contributed by atoms with Gasteiger partial charge in [-0.3, -0.25) is 0 Å². The fourth-order valence-corrected chi connectivity index (χ4v) is 1.00. The highest BCUT2D eigenvalue weighted by Crippen LogP contribution is 2.12. The summed E-state index contributed by atoms with van der Waals surface area (Å²) in [6.07, 6.45) is 1.21. The number of anilines is 1. The highest BCUT2D eigenvalue weighted by molar-refractivity contribution is 7.71. The number of halogens is 1. The molecule has 3 nitrogen and oxygen atoms in total. The van der Waals surface area contributed by atoms with Crippen molar-refractivity contribution in [2.24, 2.45) is 0 Å². The molecule has 0 atom stereocenters. The van der Waals surface area contributed by atoms with E-state index >= 15 is 0 Å². The Hall–Kier alpha value is -1.58. The quantitative estimate of drug-likeness (QED) is 0.535.